The molecule has 0 saturated carbocycles. The minimum absolute atomic E-state index is 0.00244. The number of hydrogen-bond donors (Lipinski definition) is 3. The number of carbonyl (C=O) groups is 3. The Morgan fingerprint density at radius 3 is 2.24 bits per heavy atom. The van der Waals surface area contributed by atoms with E-state index in [1.54, 1.807) is 4.90 Å². The molecule has 0 radical (unpaired) electrons. The summed E-state index contributed by atoms with van der Waals surface area (Å²) in [5.41, 5.74) is 10.8. The van der Waals surface area contributed by atoms with Crippen LogP contribution in [-0.4, -0.2) is 29.1 Å². The number of benzene rings is 4. The smallest absolute Gasteiger partial charge is 0.475 e. The number of rotatable bonds is 10. The lowest BCUT2D eigenvalue weighted by Gasteiger charge is -2.25. The van der Waals surface area contributed by atoms with Crippen LogP contribution in [0.15, 0.2) is 103 Å². The zero-order chi connectivity index (χ0) is 33.1. The third-order valence-electron chi connectivity index (χ3n) is 7.28. The number of fused-ring (bicyclic) bond motifs is 1. The predicted molar refractivity (Wildman–Crippen MR) is 167 cm³/mol. The summed E-state index contributed by atoms with van der Waals surface area (Å²) >= 11 is 0. The zero-order valence-electron chi connectivity index (χ0n) is 24.9. The Hall–Kier alpha value is -5.16. The van der Waals surface area contributed by atoms with Crippen molar-refractivity contribution in [2.45, 2.75) is 51.0 Å². The van der Waals surface area contributed by atoms with Crippen molar-refractivity contribution in [3.8, 4) is 11.5 Å². The molecule has 0 heterocycles. The summed E-state index contributed by atoms with van der Waals surface area (Å²) in [4.78, 5) is 37.1. The molecule has 4 aromatic rings. The van der Waals surface area contributed by atoms with Crippen molar-refractivity contribution in [3.05, 3.63) is 125 Å². The molecule has 5 rings (SSSR count). The molecule has 240 valence electrons. The van der Waals surface area contributed by atoms with Gasteiger partial charge in [0, 0.05) is 19.4 Å². The highest BCUT2D eigenvalue weighted by Gasteiger charge is 2.38. The van der Waals surface area contributed by atoms with Crippen LogP contribution in [0.4, 0.5) is 18.9 Å². The van der Waals surface area contributed by atoms with E-state index in [0.717, 1.165) is 24.0 Å². The summed E-state index contributed by atoms with van der Waals surface area (Å²) in [6.07, 6.45) is -3.04. The Balaban J connectivity index is 0.000000617. The Morgan fingerprint density at radius 1 is 0.870 bits per heavy atom. The van der Waals surface area contributed by atoms with Gasteiger partial charge in [-0.25, -0.2) is 4.79 Å². The van der Waals surface area contributed by atoms with Crippen LogP contribution in [-0.2, 0) is 33.9 Å². The summed E-state index contributed by atoms with van der Waals surface area (Å²) in [5, 5.41) is 10.3. The number of aryl methyl sites for hydroxylation is 1. The fourth-order valence-electron chi connectivity index (χ4n) is 5.03. The van der Waals surface area contributed by atoms with Crippen LogP contribution < -0.4 is 20.7 Å². The first-order chi connectivity index (χ1) is 22.0. The molecule has 1 aliphatic rings. The van der Waals surface area contributed by atoms with Crippen LogP contribution >= 0.6 is 0 Å². The minimum atomic E-state index is -5.08. The largest absolute Gasteiger partial charge is 0.490 e. The van der Waals surface area contributed by atoms with E-state index in [2.05, 4.69) is 17.4 Å². The molecule has 8 nitrogen and oxygen atoms in total. The maximum atomic E-state index is 13.7. The number of hydrogen-bond acceptors (Lipinski definition) is 5. The van der Waals surface area contributed by atoms with E-state index in [1.165, 1.54) is 11.1 Å². The van der Waals surface area contributed by atoms with Gasteiger partial charge in [-0.05, 0) is 59.4 Å². The number of ether oxygens (including phenoxy) is 1. The van der Waals surface area contributed by atoms with Crippen molar-refractivity contribution in [2.24, 2.45) is 5.73 Å². The lowest BCUT2D eigenvalue weighted by atomic mass is 10.1. The van der Waals surface area contributed by atoms with Crippen molar-refractivity contribution < 1.29 is 37.4 Å². The van der Waals surface area contributed by atoms with E-state index in [0.29, 0.717) is 30.3 Å². The molecular formula is C35H34F3N3O5. The summed E-state index contributed by atoms with van der Waals surface area (Å²) in [6, 6.07) is 33.1. The maximum Gasteiger partial charge on any atom is 0.490 e. The Morgan fingerprint density at radius 2 is 1.52 bits per heavy atom. The first-order valence-electron chi connectivity index (χ1n) is 14.6. The van der Waals surface area contributed by atoms with E-state index in [4.69, 9.17) is 20.4 Å². The Bertz CT molecular complexity index is 1650. The molecule has 2 amide bonds. The van der Waals surface area contributed by atoms with Gasteiger partial charge in [-0.1, -0.05) is 78.9 Å². The molecule has 4 N–H and O–H groups in total. The first kappa shape index (κ1) is 33.7. The van der Waals surface area contributed by atoms with E-state index < -0.39 is 12.1 Å². The molecule has 46 heavy (non-hydrogen) atoms. The molecule has 0 spiro atoms. The second kappa shape index (κ2) is 15.7. The third kappa shape index (κ3) is 9.42. The van der Waals surface area contributed by atoms with E-state index in [9.17, 15) is 22.8 Å². The van der Waals surface area contributed by atoms with Crippen molar-refractivity contribution >= 4 is 23.5 Å². The van der Waals surface area contributed by atoms with E-state index >= 15 is 0 Å². The van der Waals surface area contributed by atoms with Gasteiger partial charge >= 0.3 is 12.1 Å². The molecule has 1 unspecified atom stereocenters. The van der Waals surface area contributed by atoms with Gasteiger partial charge in [0.05, 0.1) is 18.3 Å². The third-order valence-corrected chi connectivity index (χ3v) is 7.28. The van der Waals surface area contributed by atoms with Crippen LogP contribution in [0.1, 0.15) is 47.6 Å². The van der Waals surface area contributed by atoms with Gasteiger partial charge in [0.15, 0.2) is 5.75 Å². The highest BCUT2D eigenvalue weighted by molar-refractivity contribution is 5.96. The normalized spacial score (nSPS) is 13.5. The van der Waals surface area contributed by atoms with Gasteiger partial charge in [0.1, 0.15) is 5.75 Å². The van der Waals surface area contributed by atoms with Gasteiger partial charge in [-0.2, -0.15) is 13.2 Å². The lowest BCUT2D eigenvalue weighted by molar-refractivity contribution is -0.192. The number of halogens is 3. The highest BCUT2D eigenvalue weighted by atomic mass is 19.4. The molecule has 0 saturated heterocycles. The number of nitrogens with two attached hydrogens (primary N) is 1. The van der Waals surface area contributed by atoms with Crippen LogP contribution in [0, 0.1) is 0 Å². The van der Waals surface area contributed by atoms with Gasteiger partial charge in [0.25, 0.3) is 0 Å². The van der Waals surface area contributed by atoms with Gasteiger partial charge < -0.3 is 25.8 Å². The zero-order valence-corrected chi connectivity index (χ0v) is 24.9. The van der Waals surface area contributed by atoms with E-state index in [-0.39, 0.29) is 30.7 Å². The molecule has 0 aromatic heterocycles. The SMILES string of the molecule is NCc1cccc(Oc2ccccc2N(Cc2ccccc2)C(=O)CCC(=O)NC2CCc3ccccc32)c1.O=C(O)C(F)(F)F. The molecular weight excluding hydrogens is 599 g/mol. The fraction of sp³-hybridized carbons (Fsp3) is 0.229. The van der Waals surface area contributed by atoms with Gasteiger partial charge in [-0.3, -0.25) is 9.59 Å². The Kier molecular flexibility index (Phi) is 11.5. The molecule has 0 aliphatic heterocycles. The van der Waals surface area contributed by atoms with Gasteiger partial charge in [0.2, 0.25) is 11.8 Å². The topological polar surface area (TPSA) is 122 Å². The number of para-hydroxylation sites is 2. The van der Waals surface area contributed by atoms with Crippen LogP contribution in [0.25, 0.3) is 0 Å². The minimum Gasteiger partial charge on any atom is -0.475 e. The standard InChI is InChI=1S/C33H33N3O3.C2HF3O2/c34-22-25-11-8-13-27(21-25)39-31-16-7-6-15-30(31)36(23-24-9-2-1-3-10-24)33(38)20-19-32(37)35-29-18-17-26-12-4-5-14-28(26)29;3-2(4,5)1(6)7/h1-16,21,29H,17-20,22-23,34H2,(H,35,37);(H,6,7). The second-order valence-corrected chi connectivity index (χ2v) is 10.5. The lowest BCUT2D eigenvalue weighted by Crippen LogP contribution is -2.33. The monoisotopic (exact) mass is 633 g/mol. The molecule has 0 fully saturated rings. The summed E-state index contributed by atoms with van der Waals surface area (Å²) in [6.45, 7) is 0.770. The summed E-state index contributed by atoms with van der Waals surface area (Å²) in [5.74, 6) is -1.82. The average molecular weight is 634 g/mol. The number of nitrogens with one attached hydrogen (secondary N) is 1. The van der Waals surface area contributed by atoms with E-state index in [1.807, 2.05) is 91.0 Å². The molecule has 4 aromatic carbocycles. The number of alkyl halides is 3. The maximum absolute atomic E-state index is 13.7. The molecule has 0 bridgehead atoms. The number of anilines is 1. The number of aliphatic carboxylic acids is 1. The van der Waals surface area contributed by atoms with Crippen LogP contribution in [0.3, 0.4) is 0 Å². The second-order valence-electron chi connectivity index (χ2n) is 10.5. The predicted octanol–water partition coefficient (Wildman–Crippen LogP) is 6.69. The van der Waals surface area contributed by atoms with Crippen LogP contribution in [0.2, 0.25) is 0 Å². The average Bonchev–Trinajstić information content (AvgIpc) is 3.46. The first-order valence-corrected chi connectivity index (χ1v) is 14.6. The van der Waals surface area contributed by atoms with Crippen LogP contribution in [0.5, 0.6) is 11.5 Å². The highest BCUT2D eigenvalue weighted by Crippen LogP contribution is 2.34. The number of carbonyl (C=O) groups excluding carboxylic acids is 2. The van der Waals surface area contributed by atoms with Crippen molar-refractivity contribution in [2.75, 3.05) is 4.90 Å². The van der Waals surface area contributed by atoms with Crippen molar-refractivity contribution in [1.29, 1.82) is 0 Å². The summed E-state index contributed by atoms with van der Waals surface area (Å²) < 4.78 is 38.0. The van der Waals surface area contributed by atoms with Crippen molar-refractivity contribution in [3.63, 3.8) is 0 Å². The van der Waals surface area contributed by atoms with Crippen molar-refractivity contribution in [1.82, 2.24) is 5.32 Å². The quantitative estimate of drug-likeness (QED) is 0.179. The fourth-order valence-corrected chi connectivity index (χ4v) is 5.03. The molecule has 11 heteroatoms. The van der Waals surface area contributed by atoms with Gasteiger partial charge in [-0.15, -0.1) is 0 Å². The number of amides is 2. The Labute approximate surface area is 264 Å². The summed E-state index contributed by atoms with van der Waals surface area (Å²) in [7, 11) is 0. The number of carboxylic acids is 1. The number of carboxylic acid groups (broad SMARTS) is 1. The number of nitrogens with zero attached hydrogens (tertiary/aromatic N) is 1. The molecule has 1 aliphatic carbocycles. The molecule has 1 atom stereocenters.